The summed E-state index contributed by atoms with van der Waals surface area (Å²) in [6.45, 7) is 14.0. The standard InChI is InChI=1S/C10H17NO2S.C8H13NO3S.C2H6/c1-4-5-6-7-11-10(12)8(2)9(3)14(11)13;1-6-7(2)13(12)9(8(6)11)4-3-5-10;1-2/h4-7H2,1-3H3;10H,3-5H2,1-2H3;1-2H3. The highest BCUT2D eigenvalue weighted by Crippen LogP contribution is 2.24. The molecule has 0 aromatic rings. The van der Waals surface area contributed by atoms with Crippen LogP contribution in [0.4, 0.5) is 0 Å². The lowest BCUT2D eigenvalue weighted by atomic mass is 10.2. The SMILES string of the molecule is CC.CC1=C(C)S(=O)N(CCCO)C1=O.CCCCCN1C(=O)C(C)=C(C)S1=O. The van der Waals surface area contributed by atoms with Gasteiger partial charge in [0.25, 0.3) is 11.8 Å². The van der Waals surface area contributed by atoms with E-state index in [0.29, 0.717) is 40.5 Å². The first-order valence-corrected chi connectivity index (χ1v) is 12.3. The van der Waals surface area contributed by atoms with Gasteiger partial charge in [-0.25, -0.2) is 8.42 Å². The Bertz CT molecular complexity index is 653. The number of rotatable bonds is 7. The van der Waals surface area contributed by atoms with E-state index in [1.54, 1.807) is 27.7 Å². The molecule has 7 nitrogen and oxygen atoms in total. The second kappa shape index (κ2) is 13.8. The number of aliphatic hydroxyl groups excluding tert-OH is 1. The van der Waals surface area contributed by atoms with Crippen molar-refractivity contribution >= 4 is 33.8 Å². The van der Waals surface area contributed by atoms with Crippen LogP contribution in [-0.4, -0.2) is 53.6 Å². The molecule has 0 spiro atoms. The minimum Gasteiger partial charge on any atom is -0.396 e. The summed E-state index contributed by atoms with van der Waals surface area (Å²) in [7, 11) is -2.52. The first-order valence-electron chi connectivity index (χ1n) is 10.1. The molecule has 29 heavy (non-hydrogen) atoms. The van der Waals surface area contributed by atoms with Crippen molar-refractivity contribution in [3.05, 3.63) is 21.0 Å². The Morgan fingerprint density at radius 3 is 1.41 bits per heavy atom. The van der Waals surface area contributed by atoms with E-state index in [-0.39, 0.29) is 18.4 Å². The van der Waals surface area contributed by atoms with E-state index >= 15 is 0 Å². The molecule has 0 saturated carbocycles. The predicted octanol–water partition coefficient (Wildman–Crippen LogP) is 3.17. The summed E-state index contributed by atoms with van der Waals surface area (Å²) >= 11 is 0. The molecule has 168 valence electrons. The van der Waals surface area contributed by atoms with Crippen molar-refractivity contribution in [3.8, 4) is 0 Å². The maximum atomic E-state index is 11.7. The number of nitrogens with zero attached hydrogens (tertiary/aromatic N) is 2. The summed E-state index contributed by atoms with van der Waals surface area (Å²) in [6, 6.07) is 0. The van der Waals surface area contributed by atoms with Gasteiger partial charge in [0.1, 0.15) is 0 Å². The third kappa shape index (κ3) is 7.15. The van der Waals surface area contributed by atoms with Crippen LogP contribution in [0.3, 0.4) is 0 Å². The van der Waals surface area contributed by atoms with Crippen LogP contribution >= 0.6 is 0 Å². The third-order valence-corrected chi connectivity index (χ3v) is 7.72. The Morgan fingerprint density at radius 2 is 1.14 bits per heavy atom. The van der Waals surface area contributed by atoms with E-state index in [2.05, 4.69) is 6.92 Å². The fourth-order valence-electron chi connectivity index (χ4n) is 2.51. The zero-order chi connectivity index (χ0) is 22.7. The Morgan fingerprint density at radius 1 is 0.759 bits per heavy atom. The number of carbonyl (C=O) groups is 2. The van der Waals surface area contributed by atoms with Gasteiger partial charge in [-0.2, -0.15) is 0 Å². The van der Waals surface area contributed by atoms with Gasteiger partial charge in [0.05, 0.1) is 0 Å². The van der Waals surface area contributed by atoms with Crippen LogP contribution in [0, 0.1) is 0 Å². The molecule has 0 fully saturated rings. The van der Waals surface area contributed by atoms with Crippen molar-refractivity contribution < 1.29 is 23.1 Å². The summed E-state index contributed by atoms with van der Waals surface area (Å²) in [5.74, 6) is -0.235. The van der Waals surface area contributed by atoms with Crippen LogP contribution < -0.4 is 0 Å². The van der Waals surface area contributed by atoms with Gasteiger partial charge in [0.15, 0.2) is 22.0 Å². The molecule has 2 amide bonds. The van der Waals surface area contributed by atoms with Crippen molar-refractivity contribution in [2.75, 3.05) is 19.7 Å². The normalized spacial score (nSPS) is 21.4. The number of allylic oxidation sites excluding steroid dienone is 2. The number of carbonyl (C=O) groups excluding carboxylic acids is 2. The maximum Gasteiger partial charge on any atom is 0.262 e. The predicted molar refractivity (Wildman–Crippen MR) is 119 cm³/mol. The van der Waals surface area contributed by atoms with Crippen molar-refractivity contribution in [2.24, 2.45) is 0 Å². The number of hydrogen-bond donors (Lipinski definition) is 1. The highest BCUT2D eigenvalue weighted by atomic mass is 32.2. The summed E-state index contributed by atoms with van der Waals surface area (Å²) in [4.78, 5) is 24.4. The lowest BCUT2D eigenvalue weighted by Crippen LogP contribution is -2.29. The molecule has 0 aromatic carbocycles. The van der Waals surface area contributed by atoms with Gasteiger partial charge in [-0.3, -0.25) is 18.2 Å². The van der Waals surface area contributed by atoms with Crippen LogP contribution in [0.5, 0.6) is 0 Å². The van der Waals surface area contributed by atoms with Crippen molar-refractivity contribution in [2.45, 2.75) is 74.1 Å². The van der Waals surface area contributed by atoms with E-state index in [9.17, 15) is 18.0 Å². The fourth-order valence-corrected chi connectivity index (χ4v) is 5.03. The molecule has 2 aliphatic heterocycles. The molecule has 9 heteroatoms. The lowest BCUT2D eigenvalue weighted by Gasteiger charge is -2.14. The van der Waals surface area contributed by atoms with Crippen LogP contribution in [0.1, 0.15) is 74.1 Å². The zero-order valence-electron chi connectivity index (χ0n) is 18.7. The average Bonchev–Trinajstić information content (AvgIpc) is 3.03. The third-order valence-electron chi connectivity index (χ3n) is 4.56. The number of unbranched alkanes of at least 4 members (excludes halogenated alkanes) is 2. The second-order valence-corrected chi connectivity index (χ2v) is 9.56. The molecule has 0 bridgehead atoms. The summed E-state index contributed by atoms with van der Waals surface area (Å²) in [5, 5.41) is 8.58. The quantitative estimate of drug-likeness (QED) is 0.604. The van der Waals surface area contributed by atoms with Crippen molar-refractivity contribution in [1.82, 2.24) is 8.61 Å². The van der Waals surface area contributed by atoms with Gasteiger partial charge in [-0.15, -0.1) is 0 Å². The van der Waals surface area contributed by atoms with E-state index in [4.69, 9.17) is 5.11 Å². The van der Waals surface area contributed by atoms with Gasteiger partial charge >= 0.3 is 0 Å². The van der Waals surface area contributed by atoms with Crippen LogP contribution in [0.2, 0.25) is 0 Å². The molecule has 0 aliphatic carbocycles. The van der Waals surface area contributed by atoms with E-state index in [0.717, 1.165) is 19.3 Å². The monoisotopic (exact) mass is 448 g/mol. The number of amides is 2. The van der Waals surface area contributed by atoms with Crippen molar-refractivity contribution in [3.63, 3.8) is 0 Å². The first-order chi connectivity index (χ1) is 13.7. The van der Waals surface area contributed by atoms with E-state index < -0.39 is 22.0 Å². The summed E-state index contributed by atoms with van der Waals surface area (Å²) < 4.78 is 26.0. The molecule has 2 atom stereocenters. The van der Waals surface area contributed by atoms with Crippen LogP contribution in [-0.2, 0) is 31.6 Å². The molecule has 0 saturated heterocycles. The molecule has 0 radical (unpaired) electrons. The summed E-state index contributed by atoms with van der Waals surface area (Å²) in [5.41, 5.74) is 1.22. The van der Waals surface area contributed by atoms with Crippen LogP contribution in [0.25, 0.3) is 0 Å². The molecule has 2 rings (SSSR count). The fraction of sp³-hybridized carbons (Fsp3) is 0.700. The first kappa shape index (κ1) is 27.7. The molecular weight excluding hydrogens is 412 g/mol. The van der Waals surface area contributed by atoms with Gasteiger partial charge in [0.2, 0.25) is 0 Å². The largest absolute Gasteiger partial charge is 0.396 e. The van der Waals surface area contributed by atoms with Gasteiger partial charge in [0, 0.05) is 40.7 Å². The molecule has 2 unspecified atom stereocenters. The Labute approximate surface area is 180 Å². The number of hydrogen-bond acceptors (Lipinski definition) is 5. The number of aliphatic hydroxyl groups is 1. The van der Waals surface area contributed by atoms with Gasteiger partial charge in [-0.05, 0) is 40.5 Å². The average molecular weight is 449 g/mol. The molecule has 0 aromatic heterocycles. The molecular formula is C20H36N2O5S2. The highest BCUT2D eigenvalue weighted by Gasteiger charge is 2.32. The Balaban J connectivity index is 0.000000499. The molecule has 2 heterocycles. The Hall–Kier alpha value is -1.32. The van der Waals surface area contributed by atoms with Crippen molar-refractivity contribution in [1.29, 1.82) is 0 Å². The van der Waals surface area contributed by atoms with Gasteiger partial charge < -0.3 is 5.11 Å². The lowest BCUT2D eigenvalue weighted by molar-refractivity contribution is -0.122. The van der Waals surface area contributed by atoms with E-state index in [1.807, 2.05) is 13.8 Å². The minimum absolute atomic E-state index is 0.0130. The van der Waals surface area contributed by atoms with E-state index in [1.165, 1.54) is 8.61 Å². The smallest absolute Gasteiger partial charge is 0.262 e. The van der Waals surface area contributed by atoms with Crippen LogP contribution in [0.15, 0.2) is 21.0 Å². The topological polar surface area (TPSA) is 95.0 Å². The zero-order valence-corrected chi connectivity index (χ0v) is 20.4. The summed E-state index contributed by atoms with van der Waals surface area (Å²) in [6.07, 6.45) is 3.60. The molecule has 1 N–H and O–H groups in total. The Kier molecular flexibility index (Phi) is 13.2. The second-order valence-electron chi connectivity index (χ2n) is 6.46. The molecule has 2 aliphatic rings. The maximum absolute atomic E-state index is 11.7. The van der Waals surface area contributed by atoms with Gasteiger partial charge in [-0.1, -0.05) is 33.6 Å². The highest BCUT2D eigenvalue weighted by molar-refractivity contribution is 7.88. The minimum atomic E-state index is -1.31.